The van der Waals surface area contributed by atoms with Gasteiger partial charge >= 0.3 is 0 Å². The molecular formula is C12H13NO3. The van der Waals surface area contributed by atoms with Crippen molar-refractivity contribution in [3.63, 3.8) is 0 Å². The maximum Gasteiger partial charge on any atom is 0.289 e. The van der Waals surface area contributed by atoms with Crippen molar-refractivity contribution in [2.45, 2.75) is 31.8 Å². The first-order chi connectivity index (χ1) is 7.63. The van der Waals surface area contributed by atoms with Crippen LogP contribution in [0.25, 0.3) is 0 Å². The molecule has 1 aromatic carbocycles. The van der Waals surface area contributed by atoms with Crippen molar-refractivity contribution in [1.29, 1.82) is 0 Å². The number of rotatable bonds is 0. The van der Waals surface area contributed by atoms with Crippen LogP contribution in [-0.2, 0) is 20.1 Å². The molecule has 2 heterocycles. The van der Waals surface area contributed by atoms with E-state index in [4.69, 9.17) is 9.47 Å². The summed E-state index contributed by atoms with van der Waals surface area (Å²) in [4.78, 5) is 12.0. The number of anilines is 1. The van der Waals surface area contributed by atoms with Gasteiger partial charge in [0, 0.05) is 5.56 Å². The third-order valence-corrected chi connectivity index (χ3v) is 3.19. The number of carbonyl (C=O) groups excluding carboxylic acids is 1. The number of benzene rings is 1. The van der Waals surface area contributed by atoms with Crippen LogP contribution in [0.2, 0.25) is 0 Å². The number of nitrogens with one attached hydrogen (secondary N) is 1. The van der Waals surface area contributed by atoms with E-state index in [2.05, 4.69) is 5.32 Å². The summed E-state index contributed by atoms with van der Waals surface area (Å²) >= 11 is 0. The van der Waals surface area contributed by atoms with Gasteiger partial charge in [-0.2, -0.15) is 0 Å². The molecule has 1 saturated heterocycles. The van der Waals surface area contributed by atoms with Crippen LogP contribution >= 0.6 is 0 Å². The zero-order chi connectivity index (χ0) is 11.3. The van der Waals surface area contributed by atoms with Crippen molar-refractivity contribution in [3.8, 4) is 0 Å². The lowest BCUT2D eigenvalue weighted by Gasteiger charge is -2.20. The summed E-state index contributed by atoms with van der Waals surface area (Å²) in [5, 5.41) is 2.78. The van der Waals surface area contributed by atoms with E-state index in [0.29, 0.717) is 0 Å². The van der Waals surface area contributed by atoms with Gasteiger partial charge in [0.2, 0.25) is 0 Å². The van der Waals surface area contributed by atoms with Crippen molar-refractivity contribution in [2.24, 2.45) is 0 Å². The summed E-state index contributed by atoms with van der Waals surface area (Å²) in [6.07, 6.45) is -0.172. The number of carbonyl (C=O) groups is 1. The van der Waals surface area contributed by atoms with Crippen LogP contribution in [0.4, 0.5) is 5.69 Å². The second kappa shape index (κ2) is 3.06. The van der Waals surface area contributed by atoms with Crippen LogP contribution in [0.15, 0.2) is 24.3 Å². The molecule has 16 heavy (non-hydrogen) atoms. The van der Waals surface area contributed by atoms with Crippen molar-refractivity contribution in [1.82, 2.24) is 0 Å². The number of hydrogen-bond donors (Lipinski definition) is 1. The predicted octanol–water partition coefficient (Wildman–Crippen LogP) is 1.62. The van der Waals surface area contributed by atoms with Gasteiger partial charge in [0.15, 0.2) is 0 Å². The lowest BCUT2D eigenvalue weighted by Crippen LogP contribution is -2.36. The third-order valence-electron chi connectivity index (χ3n) is 3.19. The molecule has 2 aliphatic rings. The van der Waals surface area contributed by atoms with Gasteiger partial charge in [-0.25, -0.2) is 0 Å². The monoisotopic (exact) mass is 219 g/mol. The Labute approximate surface area is 93.5 Å². The molecule has 0 aromatic heterocycles. The quantitative estimate of drug-likeness (QED) is 0.721. The molecule has 0 unspecified atom stereocenters. The Balaban J connectivity index is 2.12. The first kappa shape index (κ1) is 9.81. The fraction of sp³-hybridized carbons (Fsp3) is 0.417. The molecule has 3 rings (SSSR count). The largest absolute Gasteiger partial charge is 0.333 e. The lowest BCUT2D eigenvalue weighted by molar-refractivity contribution is -0.186. The van der Waals surface area contributed by atoms with Crippen LogP contribution < -0.4 is 5.32 Å². The third kappa shape index (κ3) is 1.08. The predicted molar refractivity (Wildman–Crippen MR) is 57.8 cm³/mol. The maximum absolute atomic E-state index is 12.0. The van der Waals surface area contributed by atoms with Crippen LogP contribution in [0.1, 0.15) is 19.4 Å². The van der Waals surface area contributed by atoms with E-state index in [1.807, 2.05) is 38.1 Å². The zero-order valence-electron chi connectivity index (χ0n) is 9.19. The minimum Gasteiger partial charge on any atom is -0.333 e. The van der Waals surface area contributed by atoms with Crippen LogP contribution in [-0.4, -0.2) is 18.1 Å². The number of amides is 1. The fourth-order valence-electron chi connectivity index (χ4n) is 2.18. The van der Waals surface area contributed by atoms with E-state index in [1.165, 1.54) is 0 Å². The molecular weight excluding hydrogens is 206 g/mol. The molecule has 0 saturated carbocycles. The molecule has 2 aliphatic heterocycles. The maximum atomic E-state index is 12.0. The Morgan fingerprint density at radius 3 is 2.50 bits per heavy atom. The molecule has 4 heteroatoms. The van der Waals surface area contributed by atoms with Gasteiger partial charge in [-0.05, 0) is 19.9 Å². The summed E-state index contributed by atoms with van der Waals surface area (Å²) in [6, 6.07) is 7.46. The van der Waals surface area contributed by atoms with Crippen molar-refractivity contribution in [3.05, 3.63) is 29.8 Å². The Kier molecular flexibility index (Phi) is 1.87. The second-order valence-electron chi connectivity index (χ2n) is 4.26. The highest BCUT2D eigenvalue weighted by molar-refractivity contribution is 6.04. The highest BCUT2D eigenvalue weighted by Crippen LogP contribution is 2.45. The smallest absolute Gasteiger partial charge is 0.289 e. The van der Waals surface area contributed by atoms with Crippen LogP contribution in [0, 0.1) is 0 Å². The van der Waals surface area contributed by atoms with Crippen molar-refractivity contribution < 1.29 is 14.3 Å². The molecule has 1 spiro atoms. The summed E-state index contributed by atoms with van der Waals surface area (Å²) in [5.74, 6) is -1.46. The van der Waals surface area contributed by atoms with E-state index in [0.717, 1.165) is 11.3 Å². The summed E-state index contributed by atoms with van der Waals surface area (Å²) in [7, 11) is 0. The molecule has 1 N–H and O–H groups in total. The van der Waals surface area contributed by atoms with Gasteiger partial charge in [-0.15, -0.1) is 0 Å². The summed E-state index contributed by atoms with van der Waals surface area (Å²) < 4.78 is 11.5. The molecule has 4 nitrogen and oxygen atoms in total. The summed E-state index contributed by atoms with van der Waals surface area (Å²) in [5.41, 5.74) is 1.55. The highest BCUT2D eigenvalue weighted by atomic mass is 16.8. The Morgan fingerprint density at radius 1 is 1.19 bits per heavy atom. The van der Waals surface area contributed by atoms with E-state index in [-0.39, 0.29) is 18.1 Å². The topological polar surface area (TPSA) is 47.6 Å². The standard InChI is InChI=1S/C12H13NO3/c1-7-8(2)16-12(15-7)9-5-3-4-6-10(9)13-11(12)14/h3-8H,1-2H3,(H,13,14)/t7-,8-/m1/s1. The van der Waals surface area contributed by atoms with Crippen molar-refractivity contribution in [2.75, 3.05) is 5.32 Å². The highest BCUT2D eigenvalue weighted by Gasteiger charge is 2.56. The fourth-order valence-corrected chi connectivity index (χ4v) is 2.18. The zero-order valence-corrected chi connectivity index (χ0v) is 9.19. The minimum atomic E-state index is -1.23. The average molecular weight is 219 g/mol. The van der Waals surface area contributed by atoms with E-state index < -0.39 is 5.79 Å². The number of para-hydroxylation sites is 1. The second-order valence-corrected chi connectivity index (χ2v) is 4.26. The van der Waals surface area contributed by atoms with Crippen LogP contribution in [0.3, 0.4) is 0 Å². The Hall–Kier alpha value is -1.39. The molecule has 84 valence electrons. The van der Waals surface area contributed by atoms with Crippen molar-refractivity contribution >= 4 is 11.6 Å². The Bertz CT molecular complexity index is 447. The van der Waals surface area contributed by atoms with Crippen LogP contribution in [0.5, 0.6) is 0 Å². The van der Waals surface area contributed by atoms with Gasteiger partial charge in [0.1, 0.15) is 0 Å². The van der Waals surface area contributed by atoms with Gasteiger partial charge < -0.3 is 14.8 Å². The van der Waals surface area contributed by atoms with E-state index in [9.17, 15) is 4.79 Å². The van der Waals surface area contributed by atoms with Gasteiger partial charge in [-0.1, -0.05) is 18.2 Å². The molecule has 1 amide bonds. The molecule has 0 bridgehead atoms. The lowest BCUT2D eigenvalue weighted by atomic mass is 10.1. The molecule has 0 radical (unpaired) electrons. The SMILES string of the molecule is C[C@H]1OC2(O[C@@H]1C)C(=O)Nc1ccccc12. The number of ether oxygens (including phenoxy) is 2. The normalized spacial score (nSPS) is 30.5. The van der Waals surface area contributed by atoms with Gasteiger partial charge in [-0.3, -0.25) is 4.79 Å². The molecule has 1 fully saturated rings. The van der Waals surface area contributed by atoms with Gasteiger partial charge in [0.05, 0.1) is 17.9 Å². The van der Waals surface area contributed by atoms with E-state index in [1.54, 1.807) is 0 Å². The molecule has 2 atom stereocenters. The number of hydrogen-bond acceptors (Lipinski definition) is 3. The minimum absolute atomic E-state index is 0.0862. The average Bonchev–Trinajstić information content (AvgIpc) is 2.69. The summed E-state index contributed by atoms with van der Waals surface area (Å²) in [6.45, 7) is 3.82. The molecule has 0 aliphatic carbocycles. The first-order valence-electron chi connectivity index (χ1n) is 5.40. The van der Waals surface area contributed by atoms with E-state index >= 15 is 0 Å². The first-order valence-corrected chi connectivity index (χ1v) is 5.40. The Morgan fingerprint density at radius 2 is 1.81 bits per heavy atom. The van der Waals surface area contributed by atoms with Gasteiger partial charge in [0.25, 0.3) is 11.7 Å². The number of fused-ring (bicyclic) bond motifs is 2. The molecule has 1 aromatic rings.